The van der Waals surface area contributed by atoms with E-state index in [4.69, 9.17) is 0 Å². The van der Waals surface area contributed by atoms with Gasteiger partial charge in [-0.1, -0.05) is 56.3 Å². The number of amides is 4. The minimum atomic E-state index is -3.95. The van der Waals surface area contributed by atoms with Gasteiger partial charge in [-0.2, -0.15) is 0 Å². The monoisotopic (exact) mass is 542 g/mol. The predicted octanol–water partition coefficient (Wildman–Crippen LogP) is 1.48. The summed E-state index contributed by atoms with van der Waals surface area (Å²) in [6.45, 7) is 3.65. The van der Waals surface area contributed by atoms with E-state index >= 15 is 0 Å². The molecule has 1 heterocycles. The van der Waals surface area contributed by atoms with Crippen LogP contribution in [0.25, 0.3) is 0 Å². The van der Waals surface area contributed by atoms with Crippen LogP contribution in [0.15, 0.2) is 54.6 Å². The zero-order valence-corrected chi connectivity index (χ0v) is 22.6. The van der Waals surface area contributed by atoms with Crippen molar-refractivity contribution in [1.29, 1.82) is 0 Å². The molecule has 2 aromatic rings. The van der Waals surface area contributed by atoms with Crippen LogP contribution >= 0.6 is 0 Å². The van der Waals surface area contributed by atoms with Gasteiger partial charge in [-0.05, 0) is 36.5 Å². The van der Waals surface area contributed by atoms with E-state index in [0.29, 0.717) is 11.1 Å². The molecule has 204 valence electrons. The average molecular weight is 543 g/mol. The molecule has 0 spiro atoms. The molecule has 0 saturated carbocycles. The Kier molecular flexibility index (Phi) is 9.76. The first kappa shape index (κ1) is 29.0. The number of hydrogen-bond acceptors (Lipinski definition) is 6. The van der Waals surface area contributed by atoms with Crippen molar-refractivity contribution in [2.24, 2.45) is 5.92 Å². The van der Waals surface area contributed by atoms with Gasteiger partial charge in [-0.25, -0.2) is 13.1 Å². The molecule has 0 fully saturated rings. The lowest BCUT2D eigenvalue weighted by molar-refractivity contribution is -0.129. The largest absolute Gasteiger partial charge is 0.357 e. The Labute approximate surface area is 223 Å². The lowest BCUT2D eigenvalue weighted by Crippen LogP contribution is -2.54. The van der Waals surface area contributed by atoms with Crippen LogP contribution in [0.3, 0.4) is 0 Å². The van der Waals surface area contributed by atoms with E-state index in [1.807, 2.05) is 44.2 Å². The van der Waals surface area contributed by atoms with E-state index in [1.165, 1.54) is 7.05 Å². The molecule has 11 heteroatoms. The molecule has 2 aromatic carbocycles. The van der Waals surface area contributed by atoms with E-state index in [0.717, 1.165) is 10.5 Å². The van der Waals surface area contributed by atoms with Gasteiger partial charge in [0, 0.05) is 20.0 Å². The summed E-state index contributed by atoms with van der Waals surface area (Å²) < 4.78 is 28.2. The summed E-state index contributed by atoms with van der Waals surface area (Å²) in [5.41, 5.74) is 1.44. The van der Waals surface area contributed by atoms with Crippen LogP contribution in [0, 0.1) is 5.92 Å². The van der Waals surface area contributed by atoms with Gasteiger partial charge in [0.25, 0.3) is 11.8 Å². The van der Waals surface area contributed by atoms with Crippen molar-refractivity contribution in [1.82, 2.24) is 20.3 Å². The molecule has 2 atom stereocenters. The van der Waals surface area contributed by atoms with Crippen molar-refractivity contribution >= 4 is 33.7 Å². The zero-order valence-electron chi connectivity index (χ0n) is 21.8. The second-order valence-electron chi connectivity index (χ2n) is 9.65. The predicted molar refractivity (Wildman–Crippen MR) is 143 cm³/mol. The van der Waals surface area contributed by atoms with Crippen LogP contribution < -0.4 is 15.4 Å². The Balaban J connectivity index is 1.63. The van der Waals surface area contributed by atoms with Gasteiger partial charge < -0.3 is 10.6 Å². The summed E-state index contributed by atoms with van der Waals surface area (Å²) in [4.78, 5) is 51.7. The normalized spacial score (nSPS) is 14.8. The maximum Gasteiger partial charge on any atom is 0.261 e. The lowest BCUT2D eigenvalue weighted by Gasteiger charge is -2.24. The van der Waals surface area contributed by atoms with Gasteiger partial charge in [0.2, 0.25) is 21.8 Å². The summed E-state index contributed by atoms with van der Waals surface area (Å²) in [6.07, 6.45) is 0.467. The van der Waals surface area contributed by atoms with Crippen molar-refractivity contribution < 1.29 is 27.6 Å². The highest BCUT2D eigenvalue weighted by Gasteiger charge is 2.35. The zero-order chi connectivity index (χ0) is 27.9. The van der Waals surface area contributed by atoms with E-state index in [-0.39, 0.29) is 37.5 Å². The molecule has 0 bridgehead atoms. The first-order valence-electron chi connectivity index (χ1n) is 12.5. The quantitative estimate of drug-likeness (QED) is 0.328. The number of benzene rings is 2. The third-order valence-electron chi connectivity index (χ3n) is 6.18. The highest BCUT2D eigenvalue weighted by molar-refractivity contribution is 7.89. The number of sulfonamides is 1. The van der Waals surface area contributed by atoms with Crippen LogP contribution in [0.2, 0.25) is 0 Å². The molecule has 1 aliphatic heterocycles. The van der Waals surface area contributed by atoms with Gasteiger partial charge >= 0.3 is 0 Å². The van der Waals surface area contributed by atoms with Gasteiger partial charge in [-0.15, -0.1) is 0 Å². The van der Waals surface area contributed by atoms with Crippen LogP contribution in [0.4, 0.5) is 0 Å². The van der Waals surface area contributed by atoms with Crippen molar-refractivity contribution in [3.8, 4) is 0 Å². The second-order valence-corrected chi connectivity index (χ2v) is 11.5. The molecule has 10 nitrogen and oxygen atoms in total. The second kappa shape index (κ2) is 12.8. The van der Waals surface area contributed by atoms with Crippen LogP contribution in [-0.4, -0.2) is 68.4 Å². The SMILES string of the molecule is CNC(=O)[C@H](Cc1ccccc1)NC(=O)[C@H](CC(C)C)NS(=O)(=O)CCCN1C(=O)c2ccccc2C1=O. The lowest BCUT2D eigenvalue weighted by atomic mass is 10.0. The fraction of sp³-hybridized carbons (Fsp3) is 0.407. The van der Waals surface area contributed by atoms with Gasteiger partial charge in [0.15, 0.2) is 0 Å². The average Bonchev–Trinajstić information content (AvgIpc) is 3.12. The molecule has 38 heavy (non-hydrogen) atoms. The summed E-state index contributed by atoms with van der Waals surface area (Å²) in [5, 5.41) is 5.23. The number of rotatable bonds is 13. The molecule has 0 unspecified atom stereocenters. The highest BCUT2D eigenvalue weighted by Crippen LogP contribution is 2.22. The number of nitrogens with zero attached hydrogens (tertiary/aromatic N) is 1. The van der Waals surface area contributed by atoms with Crippen molar-refractivity contribution in [3.05, 3.63) is 71.3 Å². The Bertz CT molecular complexity index is 1240. The minimum absolute atomic E-state index is 0.00565. The molecule has 1 aliphatic rings. The number of fused-ring (bicyclic) bond motifs is 1. The first-order chi connectivity index (χ1) is 18.0. The maximum absolute atomic E-state index is 13.2. The maximum atomic E-state index is 13.2. The third-order valence-corrected chi connectivity index (χ3v) is 7.65. The molecule has 0 aliphatic carbocycles. The molecular weight excluding hydrogens is 508 g/mol. The summed E-state index contributed by atoms with van der Waals surface area (Å²) >= 11 is 0. The molecule has 0 saturated heterocycles. The van der Waals surface area contributed by atoms with Gasteiger partial charge in [-0.3, -0.25) is 24.1 Å². The highest BCUT2D eigenvalue weighted by atomic mass is 32.2. The van der Waals surface area contributed by atoms with E-state index in [9.17, 15) is 27.6 Å². The van der Waals surface area contributed by atoms with E-state index in [2.05, 4.69) is 15.4 Å². The third kappa shape index (κ3) is 7.48. The van der Waals surface area contributed by atoms with Crippen molar-refractivity contribution in [3.63, 3.8) is 0 Å². The van der Waals surface area contributed by atoms with Crippen LogP contribution in [0.5, 0.6) is 0 Å². The minimum Gasteiger partial charge on any atom is -0.357 e. The van der Waals surface area contributed by atoms with Gasteiger partial charge in [0.1, 0.15) is 12.1 Å². The number of hydrogen-bond donors (Lipinski definition) is 3. The first-order valence-corrected chi connectivity index (χ1v) is 14.2. The topological polar surface area (TPSA) is 142 Å². The fourth-order valence-electron chi connectivity index (χ4n) is 4.32. The fourth-order valence-corrected chi connectivity index (χ4v) is 5.58. The van der Waals surface area contributed by atoms with Crippen molar-refractivity contribution in [2.45, 2.75) is 45.2 Å². The number of carbonyl (C=O) groups excluding carboxylic acids is 4. The summed E-state index contributed by atoms with van der Waals surface area (Å²) in [5.74, 6) is -2.30. The number of nitrogens with one attached hydrogen (secondary N) is 3. The van der Waals surface area contributed by atoms with Crippen molar-refractivity contribution in [2.75, 3.05) is 19.3 Å². The van der Waals surface area contributed by atoms with E-state index < -0.39 is 45.7 Å². The summed E-state index contributed by atoms with van der Waals surface area (Å²) in [7, 11) is -2.48. The van der Waals surface area contributed by atoms with Crippen LogP contribution in [-0.2, 0) is 26.0 Å². The molecule has 3 N–H and O–H groups in total. The molecule has 3 rings (SSSR count). The number of likely N-dealkylation sites (N-methyl/N-ethyl adjacent to an activating group) is 1. The Morgan fingerprint density at radius 1 is 0.868 bits per heavy atom. The Hall–Kier alpha value is -3.57. The molecule has 4 amide bonds. The van der Waals surface area contributed by atoms with Gasteiger partial charge in [0.05, 0.1) is 16.9 Å². The number of imide groups is 1. The summed E-state index contributed by atoms with van der Waals surface area (Å²) in [6, 6.07) is 13.6. The molecule has 0 radical (unpaired) electrons. The molecular formula is C27H34N4O6S. The Morgan fingerprint density at radius 2 is 1.45 bits per heavy atom. The number of carbonyl (C=O) groups is 4. The Morgan fingerprint density at radius 3 is 2.00 bits per heavy atom. The molecule has 0 aromatic heterocycles. The van der Waals surface area contributed by atoms with E-state index in [1.54, 1.807) is 24.3 Å². The smallest absolute Gasteiger partial charge is 0.261 e. The van der Waals surface area contributed by atoms with Crippen LogP contribution in [0.1, 0.15) is 53.0 Å². The standard InChI is InChI=1S/C27H34N4O6S/c1-18(2)16-23(25(33)29-22(24(32)28-3)17-19-10-5-4-6-11-19)30-38(36,37)15-9-14-31-26(34)20-12-7-8-13-21(20)27(31)35/h4-8,10-13,18,22-23,30H,9,14-17H2,1-3H3,(H,28,32)(H,29,33)/t22-,23-/m0/s1.